The Morgan fingerprint density at radius 2 is 2.03 bits per heavy atom. The molecule has 1 amide bonds. The summed E-state index contributed by atoms with van der Waals surface area (Å²) in [5.41, 5.74) is 1.41. The Balaban J connectivity index is 1.07. The number of anilines is 1. The molecular formula is C27H31N9O3. The number of amides is 1. The number of nitrogens with one attached hydrogen (secondary N) is 3. The Kier molecular flexibility index (Phi) is 7.09. The van der Waals surface area contributed by atoms with Crippen LogP contribution in [0.5, 0.6) is 17.2 Å². The number of aromatic nitrogens is 6. The highest BCUT2D eigenvalue weighted by Gasteiger charge is 2.27. The van der Waals surface area contributed by atoms with E-state index in [1.54, 1.807) is 18.5 Å². The van der Waals surface area contributed by atoms with Crippen LogP contribution in [0.25, 0.3) is 11.0 Å². The van der Waals surface area contributed by atoms with Crippen molar-refractivity contribution in [2.75, 3.05) is 32.0 Å². The fourth-order valence-corrected chi connectivity index (χ4v) is 4.66. The van der Waals surface area contributed by atoms with Crippen LogP contribution in [0.4, 0.5) is 5.82 Å². The maximum atomic E-state index is 12.7. The number of likely N-dealkylation sites (tertiary alicyclic amines) is 1. The van der Waals surface area contributed by atoms with Gasteiger partial charge in [-0.05, 0) is 50.6 Å². The van der Waals surface area contributed by atoms with Gasteiger partial charge in [-0.2, -0.15) is 5.10 Å². The van der Waals surface area contributed by atoms with Crippen molar-refractivity contribution in [1.29, 1.82) is 0 Å². The molecule has 0 spiro atoms. The van der Waals surface area contributed by atoms with E-state index in [0.717, 1.165) is 24.0 Å². The zero-order chi connectivity index (χ0) is 26.6. The van der Waals surface area contributed by atoms with Gasteiger partial charge in [0, 0.05) is 50.1 Å². The third kappa shape index (κ3) is 6.01. The summed E-state index contributed by atoms with van der Waals surface area (Å²) in [7, 11) is 2.11. The molecule has 3 N–H and O–H groups in total. The van der Waals surface area contributed by atoms with E-state index in [9.17, 15) is 4.79 Å². The van der Waals surface area contributed by atoms with Crippen molar-refractivity contribution in [1.82, 2.24) is 40.4 Å². The molecule has 1 aromatic carbocycles. The number of ether oxygens (including phenoxy) is 2. The van der Waals surface area contributed by atoms with Crippen LogP contribution in [0.1, 0.15) is 25.0 Å². The van der Waals surface area contributed by atoms with Crippen molar-refractivity contribution in [3.8, 4) is 17.2 Å². The topological polar surface area (TPSA) is 137 Å². The average molecular weight is 530 g/mol. The lowest BCUT2D eigenvalue weighted by atomic mass is 10.2. The molecule has 3 aromatic heterocycles. The SMILES string of the molecule is CN(CC=CC(=O)N1CCC(Nc2n[nH]c3nccc(Oc4ccc(OCc5cnn[nH]5)cc4)c23)C1)C1CC1. The van der Waals surface area contributed by atoms with Gasteiger partial charge in [-0.1, -0.05) is 11.3 Å². The highest BCUT2D eigenvalue weighted by atomic mass is 16.5. The molecule has 1 aliphatic heterocycles. The first-order valence-corrected chi connectivity index (χ1v) is 13.1. The second-order valence-electron chi connectivity index (χ2n) is 9.94. The minimum Gasteiger partial charge on any atom is -0.487 e. The van der Waals surface area contributed by atoms with Crippen LogP contribution in [-0.2, 0) is 11.4 Å². The van der Waals surface area contributed by atoms with Gasteiger partial charge >= 0.3 is 0 Å². The number of carbonyl (C=O) groups is 1. The Morgan fingerprint density at radius 3 is 2.82 bits per heavy atom. The van der Waals surface area contributed by atoms with E-state index in [4.69, 9.17) is 9.47 Å². The molecule has 12 nitrogen and oxygen atoms in total. The Morgan fingerprint density at radius 1 is 1.18 bits per heavy atom. The van der Waals surface area contributed by atoms with E-state index >= 15 is 0 Å². The van der Waals surface area contributed by atoms with Crippen molar-refractivity contribution < 1.29 is 14.3 Å². The quantitative estimate of drug-likeness (QED) is 0.250. The first-order valence-electron chi connectivity index (χ1n) is 13.1. The molecule has 1 saturated carbocycles. The molecule has 2 fully saturated rings. The fourth-order valence-electron chi connectivity index (χ4n) is 4.66. The molecule has 2 aliphatic rings. The molecule has 12 heteroatoms. The number of benzene rings is 1. The van der Waals surface area contributed by atoms with Crippen molar-refractivity contribution in [2.24, 2.45) is 0 Å². The monoisotopic (exact) mass is 529 g/mol. The molecule has 6 rings (SSSR count). The molecule has 202 valence electrons. The number of fused-ring (bicyclic) bond motifs is 1. The number of carbonyl (C=O) groups excluding carboxylic acids is 1. The van der Waals surface area contributed by atoms with Crippen LogP contribution in [0.15, 0.2) is 54.9 Å². The summed E-state index contributed by atoms with van der Waals surface area (Å²) in [4.78, 5) is 21.2. The first-order chi connectivity index (χ1) is 19.1. The van der Waals surface area contributed by atoms with Gasteiger partial charge in [-0.15, -0.1) is 5.10 Å². The summed E-state index contributed by atoms with van der Waals surface area (Å²) in [5, 5.41) is 21.9. The van der Waals surface area contributed by atoms with Crippen LogP contribution in [-0.4, -0.2) is 85.1 Å². The lowest BCUT2D eigenvalue weighted by molar-refractivity contribution is -0.125. The largest absolute Gasteiger partial charge is 0.487 e. The van der Waals surface area contributed by atoms with Crippen molar-refractivity contribution in [3.63, 3.8) is 0 Å². The molecule has 1 saturated heterocycles. The lowest BCUT2D eigenvalue weighted by Gasteiger charge is -2.16. The van der Waals surface area contributed by atoms with Crippen molar-refractivity contribution in [2.45, 2.75) is 38.0 Å². The zero-order valence-electron chi connectivity index (χ0n) is 21.7. The summed E-state index contributed by atoms with van der Waals surface area (Å²) in [6.45, 7) is 2.47. The molecule has 1 unspecified atom stereocenters. The second-order valence-corrected chi connectivity index (χ2v) is 9.94. The molecule has 1 atom stereocenters. The minimum absolute atomic E-state index is 0.0507. The molecule has 0 radical (unpaired) electrons. The molecule has 4 heterocycles. The maximum absolute atomic E-state index is 12.7. The number of hydrogen-bond acceptors (Lipinski definition) is 9. The van der Waals surface area contributed by atoms with Crippen molar-refractivity contribution in [3.05, 3.63) is 60.6 Å². The Hall–Kier alpha value is -4.45. The predicted octanol–water partition coefficient (Wildman–Crippen LogP) is 3.11. The van der Waals surface area contributed by atoms with E-state index in [2.05, 4.69) is 47.9 Å². The smallest absolute Gasteiger partial charge is 0.246 e. The molecule has 39 heavy (non-hydrogen) atoms. The highest BCUT2D eigenvalue weighted by Crippen LogP contribution is 2.34. The van der Waals surface area contributed by atoms with Gasteiger partial charge in [-0.25, -0.2) is 4.98 Å². The number of nitrogens with zero attached hydrogens (tertiary/aromatic N) is 6. The number of pyridine rings is 1. The molecule has 0 bridgehead atoms. The summed E-state index contributed by atoms with van der Waals surface area (Å²) in [5.74, 6) is 2.69. The van der Waals surface area contributed by atoms with Gasteiger partial charge < -0.3 is 19.7 Å². The predicted molar refractivity (Wildman–Crippen MR) is 145 cm³/mol. The summed E-state index contributed by atoms with van der Waals surface area (Å²) < 4.78 is 11.9. The van der Waals surface area contributed by atoms with Crippen LogP contribution in [0.2, 0.25) is 0 Å². The zero-order valence-corrected chi connectivity index (χ0v) is 21.7. The second kappa shape index (κ2) is 11.1. The van der Waals surface area contributed by atoms with E-state index in [1.165, 1.54) is 12.8 Å². The molecule has 1 aliphatic carbocycles. The van der Waals surface area contributed by atoms with Gasteiger partial charge in [0.2, 0.25) is 5.91 Å². The Bertz CT molecular complexity index is 1430. The van der Waals surface area contributed by atoms with Crippen molar-refractivity contribution >= 4 is 22.8 Å². The van der Waals surface area contributed by atoms with Crippen LogP contribution in [0, 0.1) is 0 Å². The van der Waals surface area contributed by atoms with E-state index in [1.807, 2.05) is 41.3 Å². The first kappa shape index (κ1) is 24.9. The van der Waals surface area contributed by atoms with Crippen LogP contribution < -0.4 is 14.8 Å². The standard InChI is InChI=1S/C27H31N9O3/c1-35(20-4-5-20)13-2-3-24(37)36-14-11-18(16-36)30-27-25-23(10-12-28-26(25)32-33-27)39-22-8-6-21(7-9-22)38-17-19-15-29-34-31-19/h2-3,6-10,12,15,18,20H,4-5,11,13-14,16-17H2,1H3,(H,29,31,34)(H2,28,30,32,33). The number of aromatic amines is 2. The highest BCUT2D eigenvalue weighted by molar-refractivity contribution is 5.93. The molecule has 4 aromatic rings. The van der Waals surface area contributed by atoms with Gasteiger partial charge in [0.1, 0.15) is 29.2 Å². The summed E-state index contributed by atoms with van der Waals surface area (Å²) in [6.07, 6.45) is 10.3. The number of likely N-dealkylation sites (N-methyl/N-ethyl adjacent to an activating group) is 1. The Labute approximate surface area is 225 Å². The number of rotatable bonds is 11. The number of H-pyrrole nitrogens is 2. The van der Waals surface area contributed by atoms with Gasteiger partial charge in [-0.3, -0.25) is 19.9 Å². The third-order valence-electron chi connectivity index (χ3n) is 7.00. The minimum atomic E-state index is 0.0507. The average Bonchev–Trinajstić information content (AvgIpc) is 3.30. The van der Waals surface area contributed by atoms with E-state index in [-0.39, 0.29) is 11.9 Å². The summed E-state index contributed by atoms with van der Waals surface area (Å²) >= 11 is 0. The van der Waals surface area contributed by atoms with E-state index < -0.39 is 0 Å². The van der Waals surface area contributed by atoms with E-state index in [0.29, 0.717) is 54.5 Å². The van der Waals surface area contributed by atoms with Gasteiger partial charge in [0.05, 0.1) is 11.9 Å². The third-order valence-corrected chi connectivity index (χ3v) is 7.00. The number of hydrogen-bond donors (Lipinski definition) is 3. The van der Waals surface area contributed by atoms with Gasteiger partial charge in [0.15, 0.2) is 11.5 Å². The fraction of sp³-hybridized carbons (Fsp3) is 0.370. The normalized spacial score (nSPS) is 17.4. The molecular weight excluding hydrogens is 498 g/mol. The summed E-state index contributed by atoms with van der Waals surface area (Å²) in [6, 6.07) is 9.95. The maximum Gasteiger partial charge on any atom is 0.246 e. The van der Waals surface area contributed by atoms with Crippen LogP contribution in [0.3, 0.4) is 0 Å². The lowest BCUT2D eigenvalue weighted by Crippen LogP contribution is -2.30. The van der Waals surface area contributed by atoms with Crippen LogP contribution >= 0.6 is 0 Å². The van der Waals surface area contributed by atoms with Gasteiger partial charge in [0.25, 0.3) is 0 Å².